The monoisotopic (exact) mass is 296 g/mol. The minimum absolute atomic E-state index is 0.551. The maximum Gasteiger partial charge on any atom is 0.0597 e. The Morgan fingerprint density at radius 3 is 2.71 bits per heavy atom. The van der Waals surface area contributed by atoms with Crippen molar-refractivity contribution in [2.45, 2.75) is 32.2 Å². The Hall–Kier alpha value is -0.700. The van der Waals surface area contributed by atoms with Crippen LogP contribution in [-0.4, -0.2) is 20.1 Å². The van der Waals surface area contributed by atoms with Gasteiger partial charge in [-0.1, -0.05) is 28.8 Å². The van der Waals surface area contributed by atoms with Gasteiger partial charge in [0.15, 0.2) is 0 Å². The van der Waals surface area contributed by atoms with Crippen molar-refractivity contribution in [2.24, 2.45) is 5.92 Å². The average molecular weight is 297 g/mol. The third-order valence-electron chi connectivity index (χ3n) is 3.23. The number of hydrogen-bond donors (Lipinski definition) is 1. The molecule has 0 saturated heterocycles. The number of halogens is 1. The lowest BCUT2D eigenvalue weighted by Crippen LogP contribution is -2.19. The van der Waals surface area contributed by atoms with Crippen molar-refractivity contribution in [1.82, 2.24) is 0 Å². The third-order valence-corrected chi connectivity index (χ3v) is 3.72. The van der Waals surface area contributed by atoms with Crippen LogP contribution in [0.25, 0.3) is 0 Å². The maximum absolute atomic E-state index is 3.63. The smallest absolute Gasteiger partial charge is 0.0597 e. The molecule has 1 fully saturated rings. The minimum atomic E-state index is 0.551. The fourth-order valence-electron chi connectivity index (χ4n) is 2.19. The first kappa shape index (κ1) is 12.7. The third kappa shape index (κ3) is 3.63. The highest BCUT2D eigenvalue weighted by molar-refractivity contribution is 9.10. The lowest BCUT2D eigenvalue weighted by atomic mass is 10.1. The van der Waals surface area contributed by atoms with Crippen LogP contribution in [0.2, 0.25) is 0 Å². The summed E-state index contributed by atoms with van der Waals surface area (Å²) in [6.45, 7) is 2.28. The lowest BCUT2D eigenvalue weighted by molar-refractivity contribution is 0.642. The zero-order valence-electron chi connectivity index (χ0n) is 10.8. The molecule has 0 amide bonds. The van der Waals surface area contributed by atoms with Gasteiger partial charge in [-0.3, -0.25) is 0 Å². The predicted molar refractivity (Wildman–Crippen MR) is 78.9 cm³/mol. The number of hydrogen-bond acceptors (Lipinski definition) is 2. The van der Waals surface area contributed by atoms with E-state index in [-0.39, 0.29) is 0 Å². The van der Waals surface area contributed by atoms with E-state index in [1.54, 1.807) is 0 Å². The molecular weight excluding hydrogens is 276 g/mol. The van der Waals surface area contributed by atoms with Crippen molar-refractivity contribution in [2.75, 3.05) is 24.3 Å². The highest BCUT2D eigenvalue weighted by Gasteiger charge is 2.23. The molecule has 1 aromatic carbocycles. The van der Waals surface area contributed by atoms with E-state index >= 15 is 0 Å². The SMILES string of the molecule is CC(CC1CC1)Nc1cc(Br)ccc1N(C)C. The Labute approximate surface area is 113 Å². The Kier molecular flexibility index (Phi) is 3.97. The first-order chi connectivity index (χ1) is 8.06. The average Bonchev–Trinajstić information content (AvgIpc) is 3.00. The normalized spacial score (nSPS) is 16.7. The Morgan fingerprint density at radius 2 is 2.12 bits per heavy atom. The standard InChI is InChI=1S/C14H21BrN2/c1-10(8-11-4-5-11)16-13-9-12(15)6-7-14(13)17(2)3/h6-7,9-11,16H,4-5,8H2,1-3H3. The second-order valence-electron chi connectivity index (χ2n) is 5.28. The van der Waals surface area contributed by atoms with Gasteiger partial charge in [0.05, 0.1) is 11.4 Å². The fourth-order valence-corrected chi connectivity index (χ4v) is 2.55. The van der Waals surface area contributed by atoms with Crippen molar-refractivity contribution in [3.63, 3.8) is 0 Å². The molecule has 1 saturated carbocycles. The maximum atomic E-state index is 3.63. The topological polar surface area (TPSA) is 15.3 Å². The van der Waals surface area contributed by atoms with Crippen LogP contribution < -0.4 is 10.2 Å². The van der Waals surface area contributed by atoms with Gasteiger partial charge in [0, 0.05) is 24.6 Å². The van der Waals surface area contributed by atoms with Gasteiger partial charge in [-0.2, -0.15) is 0 Å². The van der Waals surface area contributed by atoms with E-state index in [0.717, 1.165) is 10.4 Å². The number of rotatable bonds is 5. The highest BCUT2D eigenvalue weighted by atomic mass is 79.9. The van der Waals surface area contributed by atoms with E-state index in [1.807, 2.05) is 0 Å². The van der Waals surface area contributed by atoms with Crippen molar-refractivity contribution >= 4 is 27.3 Å². The molecule has 2 rings (SSSR count). The van der Waals surface area contributed by atoms with Gasteiger partial charge in [0.2, 0.25) is 0 Å². The Bertz CT molecular complexity index is 386. The molecule has 0 bridgehead atoms. The summed E-state index contributed by atoms with van der Waals surface area (Å²) >= 11 is 3.54. The van der Waals surface area contributed by atoms with Gasteiger partial charge in [0.1, 0.15) is 0 Å². The first-order valence-corrected chi connectivity index (χ1v) is 7.09. The highest BCUT2D eigenvalue weighted by Crippen LogP contribution is 2.35. The van der Waals surface area contributed by atoms with E-state index in [1.165, 1.54) is 30.6 Å². The fraction of sp³-hybridized carbons (Fsp3) is 0.571. The van der Waals surface area contributed by atoms with Crippen LogP contribution in [-0.2, 0) is 0 Å². The molecule has 94 valence electrons. The second-order valence-corrected chi connectivity index (χ2v) is 6.20. The lowest BCUT2D eigenvalue weighted by Gasteiger charge is -2.22. The van der Waals surface area contributed by atoms with E-state index in [4.69, 9.17) is 0 Å². The van der Waals surface area contributed by atoms with Crippen molar-refractivity contribution in [1.29, 1.82) is 0 Å². The number of anilines is 2. The van der Waals surface area contributed by atoms with Crippen LogP contribution in [0.3, 0.4) is 0 Å². The van der Waals surface area contributed by atoms with E-state index in [2.05, 4.69) is 65.4 Å². The molecule has 3 heteroatoms. The van der Waals surface area contributed by atoms with E-state index in [9.17, 15) is 0 Å². The number of nitrogens with one attached hydrogen (secondary N) is 1. The zero-order valence-corrected chi connectivity index (χ0v) is 12.4. The molecule has 1 aliphatic carbocycles. The molecule has 0 aromatic heterocycles. The van der Waals surface area contributed by atoms with Crippen LogP contribution in [0, 0.1) is 5.92 Å². The summed E-state index contributed by atoms with van der Waals surface area (Å²) in [6, 6.07) is 6.96. The largest absolute Gasteiger partial charge is 0.381 e. The van der Waals surface area contributed by atoms with Gasteiger partial charge in [-0.25, -0.2) is 0 Å². The number of nitrogens with zero attached hydrogens (tertiary/aromatic N) is 1. The molecule has 0 spiro atoms. The van der Waals surface area contributed by atoms with E-state index in [0.29, 0.717) is 6.04 Å². The zero-order chi connectivity index (χ0) is 12.4. The summed E-state index contributed by atoms with van der Waals surface area (Å²) in [7, 11) is 4.17. The predicted octanol–water partition coefficient (Wildman–Crippen LogP) is 4.12. The molecule has 17 heavy (non-hydrogen) atoms. The van der Waals surface area contributed by atoms with Crippen LogP contribution in [0.4, 0.5) is 11.4 Å². The molecule has 0 radical (unpaired) electrons. The molecule has 0 aliphatic heterocycles. The molecular formula is C14H21BrN2. The molecule has 2 nitrogen and oxygen atoms in total. The summed E-state index contributed by atoms with van der Waals surface area (Å²) in [5.41, 5.74) is 2.47. The summed E-state index contributed by atoms with van der Waals surface area (Å²) in [4.78, 5) is 2.15. The Balaban J connectivity index is 2.08. The van der Waals surface area contributed by atoms with Crippen molar-refractivity contribution in [3.8, 4) is 0 Å². The molecule has 1 aromatic rings. The van der Waals surface area contributed by atoms with Crippen molar-refractivity contribution < 1.29 is 0 Å². The molecule has 1 unspecified atom stereocenters. The van der Waals surface area contributed by atoms with Crippen LogP contribution >= 0.6 is 15.9 Å². The minimum Gasteiger partial charge on any atom is -0.381 e. The van der Waals surface area contributed by atoms with Gasteiger partial charge in [0.25, 0.3) is 0 Å². The van der Waals surface area contributed by atoms with Gasteiger partial charge >= 0.3 is 0 Å². The van der Waals surface area contributed by atoms with Gasteiger partial charge < -0.3 is 10.2 Å². The molecule has 0 heterocycles. The Morgan fingerprint density at radius 1 is 1.41 bits per heavy atom. The van der Waals surface area contributed by atoms with Gasteiger partial charge in [-0.05, 0) is 37.5 Å². The van der Waals surface area contributed by atoms with Crippen LogP contribution in [0.15, 0.2) is 22.7 Å². The van der Waals surface area contributed by atoms with Gasteiger partial charge in [-0.15, -0.1) is 0 Å². The van der Waals surface area contributed by atoms with Crippen molar-refractivity contribution in [3.05, 3.63) is 22.7 Å². The molecule has 1 N–H and O–H groups in total. The van der Waals surface area contributed by atoms with Crippen LogP contribution in [0.5, 0.6) is 0 Å². The van der Waals surface area contributed by atoms with E-state index < -0.39 is 0 Å². The summed E-state index contributed by atoms with van der Waals surface area (Å²) in [6.07, 6.45) is 4.13. The second kappa shape index (κ2) is 5.30. The summed E-state index contributed by atoms with van der Waals surface area (Å²) < 4.78 is 1.13. The quantitative estimate of drug-likeness (QED) is 0.879. The summed E-state index contributed by atoms with van der Waals surface area (Å²) in [5.74, 6) is 0.965. The first-order valence-electron chi connectivity index (χ1n) is 6.29. The van der Waals surface area contributed by atoms with Crippen LogP contribution in [0.1, 0.15) is 26.2 Å². The summed E-state index contributed by atoms with van der Waals surface area (Å²) in [5, 5.41) is 3.63. The molecule has 1 aliphatic rings. The number of benzene rings is 1. The molecule has 1 atom stereocenters.